The van der Waals surface area contributed by atoms with Crippen molar-refractivity contribution in [3.05, 3.63) is 29.8 Å². The highest BCUT2D eigenvalue weighted by molar-refractivity contribution is 5.55. The Hall–Kier alpha value is -1.20. The van der Waals surface area contributed by atoms with Crippen LogP contribution in [-0.4, -0.2) is 39.3 Å². The van der Waals surface area contributed by atoms with E-state index in [1.54, 1.807) is 12.1 Å². The van der Waals surface area contributed by atoms with Gasteiger partial charge in [-0.15, -0.1) is 0 Å². The standard InChI is InChI=1S/C13H18F2N2O/c14-13(15)11(9-16)10-3-1-2-4-12(10)17-5-7-18-8-6-17/h1-4,11,13H,5-9,16H2. The number of alkyl halides is 2. The monoisotopic (exact) mass is 256 g/mol. The predicted molar refractivity (Wildman–Crippen MR) is 67.3 cm³/mol. The van der Waals surface area contributed by atoms with E-state index in [9.17, 15) is 8.78 Å². The Morgan fingerprint density at radius 1 is 1.22 bits per heavy atom. The lowest BCUT2D eigenvalue weighted by atomic mass is 9.97. The summed E-state index contributed by atoms with van der Waals surface area (Å²) in [5.74, 6) is -0.899. The molecule has 1 fully saturated rings. The number of halogens is 2. The minimum Gasteiger partial charge on any atom is -0.378 e. The van der Waals surface area contributed by atoms with Crippen LogP contribution in [0.15, 0.2) is 24.3 Å². The van der Waals surface area contributed by atoms with Gasteiger partial charge in [-0.1, -0.05) is 18.2 Å². The van der Waals surface area contributed by atoms with Crippen LogP contribution in [0.4, 0.5) is 14.5 Å². The molecule has 1 saturated heterocycles. The SMILES string of the molecule is NCC(c1ccccc1N1CCOCC1)C(F)F. The molecule has 2 rings (SSSR count). The van der Waals surface area contributed by atoms with Crippen molar-refractivity contribution >= 4 is 5.69 Å². The highest BCUT2D eigenvalue weighted by Gasteiger charge is 2.25. The number of morpholine rings is 1. The van der Waals surface area contributed by atoms with Gasteiger partial charge < -0.3 is 15.4 Å². The van der Waals surface area contributed by atoms with Gasteiger partial charge in [0.15, 0.2) is 0 Å². The Balaban J connectivity index is 2.29. The summed E-state index contributed by atoms with van der Waals surface area (Å²) in [6.45, 7) is 2.70. The van der Waals surface area contributed by atoms with Crippen molar-refractivity contribution in [3.8, 4) is 0 Å². The van der Waals surface area contributed by atoms with Crippen molar-refractivity contribution < 1.29 is 13.5 Å². The second-order valence-electron chi connectivity index (χ2n) is 4.33. The van der Waals surface area contributed by atoms with Gasteiger partial charge in [0.25, 0.3) is 0 Å². The van der Waals surface area contributed by atoms with Gasteiger partial charge in [0.05, 0.1) is 19.1 Å². The molecule has 1 aromatic rings. The van der Waals surface area contributed by atoms with Crippen LogP contribution in [-0.2, 0) is 4.74 Å². The molecule has 1 heterocycles. The molecule has 2 N–H and O–H groups in total. The van der Waals surface area contributed by atoms with Crippen molar-refractivity contribution in [2.24, 2.45) is 5.73 Å². The van der Waals surface area contributed by atoms with Gasteiger partial charge >= 0.3 is 0 Å². The molecule has 1 unspecified atom stereocenters. The molecule has 0 aliphatic carbocycles. The summed E-state index contributed by atoms with van der Waals surface area (Å²) in [4.78, 5) is 2.09. The van der Waals surface area contributed by atoms with Crippen LogP contribution in [0.5, 0.6) is 0 Å². The summed E-state index contributed by atoms with van der Waals surface area (Å²) in [6, 6.07) is 7.28. The van der Waals surface area contributed by atoms with Gasteiger partial charge in [-0.2, -0.15) is 0 Å². The molecule has 1 aromatic carbocycles. The minimum atomic E-state index is -2.43. The van der Waals surface area contributed by atoms with Crippen LogP contribution in [0.25, 0.3) is 0 Å². The third-order valence-electron chi connectivity index (χ3n) is 3.25. The Kier molecular flexibility index (Phi) is 4.49. The van der Waals surface area contributed by atoms with Crippen LogP contribution in [0.3, 0.4) is 0 Å². The maximum absolute atomic E-state index is 13.0. The van der Waals surface area contributed by atoms with Gasteiger partial charge in [-0.05, 0) is 11.6 Å². The van der Waals surface area contributed by atoms with Gasteiger partial charge in [-0.25, -0.2) is 8.78 Å². The molecule has 0 bridgehead atoms. The molecule has 3 nitrogen and oxygen atoms in total. The molecule has 5 heteroatoms. The lowest BCUT2D eigenvalue weighted by Crippen LogP contribution is -2.37. The largest absolute Gasteiger partial charge is 0.378 e. The summed E-state index contributed by atoms with van der Waals surface area (Å²) in [5, 5.41) is 0. The lowest BCUT2D eigenvalue weighted by molar-refractivity contribution is 0.115. The number of nitrogens with zero attached hydrogens (tertiary/aromatic N) is 1. The fourth-order valence-corrected chi connectivity index (χ4v) is 2.26. The molecule has 0 saturated carbocycles. The average molecular weight is 256 g/mol. The zero-order valence-corrected chi connectivity index (χ0v) is 10.2. The van der Waals surface area contributed by atoms with E-state index < -0.39 is 12.3 Å². The fraction of sp³-hybridized carbons (Fsp3) is 0.538. The Morgan fingerprint density at radius 3 is 2.50 bits per heavy atom. The second kappa shape index (κ2) is 6.11. The normalized spacial score (nSPS) is 18.1. The van der Waals surface area contributed by atoms with Crippen LogP contribution in [0.1, 0.15) is 11.5 Å². The smallest absolute Gasteiger partial charge is 0.246 e. The van der Waals surface area contributed by atoms with E-state index >= 15 is 0 Å². The topological polar surface area (TPSA) is 38.5 Å². The van der Waals surface area contributed by atoms with Gasteiger partial charge in [-0.3, -0.25) is 0 Å². The van der Waals surface area contributed by atoms with Crippen LogP contribution in [0.2, 0.25) is 0 Å². The molecule has 18 heavy (non-hydrogen) atoms. The number of hydrogen-bond acceptors (Lipinski definition) is 3. The minimum absolute atomic E-state index is 0.0426. The number of hydrogen-bond donors (Lipinski definition) is 1. The predicted octanol–water partition coefficient (Wildman–Crippen LogP) is 1.83. The second-order valence-corrected chi connectivity index (χ2v) is 4.33. The van der Waals surface area contributed by atoms with Crippen molar-refractivity contribution in [3.63, 3.8) is 0 Å². The van der Waals surface area contributed by atoms with E-state index in [1.165, 1.54) is 0 Å². The third-order valence-corrected chi connectivity index (χ3v) is 3.25. The molecule has 0 aromatic heterocycles. The molecule has 0 amide bonds. The summed E-state index contributed by atoms with van der Waals surface area (Å²) < 4.78 is 31.3. The number of benzene rings is 1. The number of anilines is 1. The number of nitrogens with two attached hydrogens (primary N) is 1. The lowest BCUT2D eigenvalue weighted by Gasteiger charge is -2.32. The molecular weight excluding hydrogens is 238 g/mol. The summed E-state index contributed by atoms with van der Waals surface area (Å²) in [7, 11) is 0. The van der Waals surface area contributed by atoms with E-state index in [0.29, 0.717) is 18.8 Å². The van der Waals surface area contributed by atoms with Crippen LogP contribution < -0.4 is 10.6 Å². The summed E-state index contributed by atoms with van der Waals surface area (Å²) in [5.41, 5.74) is 6.97. The first-order valence-electron chi connectivity index (χ1n) is 6.14. The fourth-order valence-electron chi connectivity index (χ4n) is 2.26. The summed E-state index contributed by atoms with van der Waals surface area (Å²) in [6.07, 6.45) is -2.43. The first kappa shape index (κ1) is 13.2. The zero-order valence-electron chi connectivity index (χ0n) is 10.2. The van der Waals surface area contributed by atoms with Gasteiger partial charge in [0.1, 0.15) is 0 Å². The average Bonchev–Trinajstić information content (AvgIpc) is 2.41. The molecular formula is C13H18F2N2O. The zero-order chi connectivity index (χ0) is 13.0. The van der Waals surface area contributed by atoms with Crippen LogP contribution >= 0.6 is 0 Å². The third kappa shape index (κ3) is 2.79. The molecule has 0 radical (unpaired) electrons. The van der Waals surface area contributed by atoms with Crippen LogP contribution in [0, 0.1) is 0 Å². The van der Waals surface area contributed by atoms with Gasteiger partial charge in [0.2, 0.25) is 6.43 Å². The maximum atomic E-state index is 13.0. The van der Waals surface area contributed by atoms with Gasteiger partial charge in [0, 0.05) is 25.3 Å². The number of para-hydroxylation sites is 1. The van der Waals surface area contributed by atoms with Crippen molar-refractivity contribution in [2.75, 3.05) is 37.7 Å². The van der Waals surface area contributed by atoms with Crippen molar-refractivity contribution in [2.45, 2.75) is 12.3 Å². The van der Waals surface area contributed by atoms with E-state index in [4.69, 9.17) is 10.5 Å². The first-order valence-corrected chi connectivity index (χ1v) is 6.14. The molecule has 0 spiro atoms. The Morgan fingerprint density at radius 2 is 1.89 bits per heavy atom. The number of ether oxygens (including phenoxy) is 1. The number of rotatable bonds is 4. The molecule has 1 atom stereocenters. The Bertz CT molecular complexity index is 381. The molecule has 1 aliphatic rings. The first-order chi connectivity index (χ1) is 8.74. The highest BCUT2D eigenvalue weighted by atomic mass is 19.3. The van der Waals surface area contributed by atoms with Crippen molar-refractivity contribution in [1.82, 2.24) is 0 Å². The van der Waals surface area contributed by atoms with E-state index in [-0.39, 0.29) is 6.54 Å². The maximum Gasteiger partial charge on any atom is 0.246 e. The van der Waals surface area contributed by atoms with E-state index in [0.717, 1.165) is 18.8 Å². The van der Waals surface area contributed by atoms with E-state index in [1.807, 2.05) is 12.1 Å². The van der Waals surface area contributed by atoms with E-state index in [2.05, 4.69) is 4.90 Å². The highest BCUT2D eigenvalue weighted by Crippen LogP contribution is 2.31. The summed E-state index contributed by atoms with van der Waals surface area (Å²) >= 11 is 0. The quantitative estimate of drug-likeness (QED) is 0.893. The Labute approximate surface area is 106 Å². The molecule has 1 aliphatic heterocycles. The molecule has 100 valence electrons. The van der Waals surface area contributed by atoms with Crippen molar-refractivity contribution in [1.29, 1.82) is 0 Å².